The third-order valence-electron chi connectivity index (χ3n) is 2.07. The fourth-order valence-electron chi connectivity index (χ4n) is 1.26. The minimum Gasteiger partial charge on any atom is -0.376 e. The Kier molecular flexibility index (Phi) is 3.73. The van der Waals surface area contributed by atoms with Gasteiger partial charge in [0.1, 0.15) is 14.2 Å². The molecule has 0 aliphatic carbocycles. The van der Waals surface area contributed by atoms with Gasteiger partial charge in [0, 0.05) is 0 Å². The van der Waals surface area contributed by atoms with Crippen molar-refractivity contribution in [1.29, 1.82) is 0 Å². The molecule has 0 saturated heterocycles. The summed E-state index contributed by atoms with van der Waals surface area (Å²) in [7, 11) is -1.39. The van der Waals surface area contributed by atoms with E-state index in [2.05, 4.69) is 31.1 Å². The molecule has 1 atom stereocenters. The number of hydrogen-bond acceptors (Lipinski definition) is 1. The molecule has 1 aromatic carbocycles. The summed E-state index contributed by atoms with van der Waals surface area (Å²) in [4.78, 5) is 0. The molecule has 15 heavy (non-hydrogen) atoms. The zero-order valence-corrected chi connectivity index (χ0v) is 10.8. The second kappa shape index (κ2) is 4.65. The molecule has 0 unspecified atom stereocenters. The molecule has 0 bridgehead atoms. The number of benzene rings is 1. The molecule has 0 radical (unpaired) electrons. The molecule has 0 heterocycles. The van der Waals surface area contributed by atoms with Crippen LogP contribution in [0.1, 0.15) is 17.2 Å². The van der Waals surface area contributed by atoms with Crippen molar-refractivity contribution in [3.8, 4) is 11.5 Å². The molecule has 1 rings (SSSR count). The highest BCUT2D eigenvalue weighted by molar-refractivity contribution is 6.83. The van der Waals surface area contributed by atoms with E-state index < -0.39 is 14.2 Å². The lowest BCUT2D eigenvalue weighted by atomic mass is 10.0. The summed E-state index contributed by atoms with van der Waals surface area (Å²) in [5.74, 6) is 2.95. The zero-order chi connectivity index (χ0) is 11.5. The molecular weight excluding hydrogens is 200 g/mol. The monoisotopic (exact) mass is 218 g/mol. The van der Waals surface area contributed by atoms with Crippen LogP contribution >= 0.6 is 0 Å². The first-order valence-corrected chi connectivity index (χ1v) is 8.66. The van der Waals surface area contributed by atoms with Crippen molar-refractivity contribution in [2.45, 2.75) is 32.7 Å². The summed E-state index contributed by atoms with van der Waals surface area (Å²) >= 11 is 0. The predicted molar refractivity (Wildman–Crippen MR) is 67.3 cm³/mol. The van der Waals surface area contributed by atoms with Crippen LogP contribution in [0, 0.1) is 18.4 Å². The lowest BCUT2D eigenvalue weighted by Gasteiger charge is -2.09. The zero-order valence-electron chi connectivity index (χ0n) is 9.83. The van der Waals surface area contributed by atoms with Crippen molar-refractivity contribution < 1.29 is 5.11 Å². The molecule has 0 spiro atoms. The Labute approximate surface area is 93.2 Å². The number of rotatable bonds is 1. The van der Waals surface area contributed by atoms with Crippen molar-refractivity contribution in [2.75, 3.05) is 0 Å². The minimum atomic E-state index is -1.39. The van der Waals surface area contributed by atoms with E-state index in [1.54, 1.807) is 0 Å². The van der Waals surface area contributed by atoms with Crippen molar-refractivity contribution in [3.05, 3.63) is 35.4 Å². The van der Waals surface area contributed by atoms with Crippen molar-refractivity contribution in [2.24, 2.45) is 0 Å². The van der Waals surface area contributed by atoms with Crippen molar-refractivity contribution in [3.63, 3.8) is 0 Å². The Hall–Kier alpha value is -1.04. The van der Waals surface area contributed by atoms with Gasteiger partial charge in [0.25, 0.3) is 0 Å². The summed E-state index contributed by atoms with van der Waals surface area (Å²) in [5.41, 5.74) is 5.20. The van der Waals surface area contributed by atoms with Gasteiger partial charge in [-0.1, -0.05) is 49.8 Å². The fourth-order valence-corrected chi connectivity index (χ4v) is 1.83. The number of aliphatic hydroxyl groups is 1. The van der Waals surface area contributed by atoms with Crippen LogP contribution in [-0.4, -0.2) is 13.2 Å². The largest absolute Gasteiger partial charge is 0.376 e. The third kappa shape index (κ3) is 3.91. The topological polar surface area (TPSA) is 20.2 Å². The molecule has 0 saturated carbocycles. The van der Waals surface area contributed by atoms with E-state index in [-0.39, 0.29) is 0 Å². The van der Waals surface area contributed by atoms with E-state index >= 15 is 0 Å². The van der Waals surface area contributed by atoms with E-state index in [0.29, 0.717) is 0 Å². The van der Waals surface area contributed by atoms with Crippen LogP contribution in [0.3, 0.4) is 0 Å². The smallest absolute Gasteiger partial charge is 0.139 e. The Bertz CT molecular complexity index is 393. The average Bonchev–Trinajstić information content (AvgIpc) is 2.14. The van der Waals surface area contributed by atoms with Gasteiger partial charge in [0.05, 0.1) is 0 Å². The molecule has 0 amide bonds. The number of aryl methyl sites for hydroxylation is 1. The first-order chi connectivity index (χ1) is 6.90. The molecule has 0 aliphatic heterocycles. The molecule has 80 valence electrons. The van der Waals surface area contributed by atoms with Crippen LogP contribution < -0.4 is 0 Å². The first-order valence-electron chi connectivity index (χ1n) is 5.16. The Balaban J connectivity index is 2.90. The van der Waals surface area contributed by atoms with Crippen LogP contribution in [0.2, 0.25) is 19.6 Å². The highest BCUT2D eigenvalue weighted by Gasteiger charge is 2.10. The normalized spacial score (nSPS) is 12.9. The fraction of sp³-hybridized carbons (Fsp3) is 0.385. The van der Waals surface area contributed by atoms with Crippen molar-refractivity contribution >= 4 is 8.07 Å². The van der Waals surface area contributed by atoms with Gasteiger partial charge in [-0.15, -0.1) is 5.54 Å². The Morgan fingerprint density at radius 3 is 2.33 bits per heavy atom. The van der Waals surface area contributed by atoms with Crippen LogP contribution in [0.25, 0.3) is 0 Å². The predicted octanol–water partition coefficient (Wildman–Crippen LogP) is 2.91. The third-order valence-corrected chi connectivity index (χ3v) is 2.96. The highest BCUT2D eigenvalue weighted by atomic mass is 28.3. The van der Waals surface area contributed by atoms with Gasteiger partial charge < -0.3 is 5.11 Å². The average molecular weight is 218 g/mol. The maximum Gasteiger partial charge on any atom is 0.139 e. The van der Waals surface area contributed by atoms with Gasteiger partial charge in [-0.25, -0.2) is 0 Å². The standard InChI is InChI=1S/C13H18OSi/c1-11-7-5-6-8-12(11)13(14)9-10-15(2,3)4/h5-8,13-14H,1-4H3/t13-/m0/s1. The van der Waals surface area contributed by atoms with Crippen LogP contribution in [-0.2, 0) is 0 Å². The number of aliphatic hydroxyl groups excluding tert-OH is 1. The number of hydrogen-bond donors (Lipinski definition) is 1. The van der Waals surface area contributed by atoms with Gasteiger partial charge >= 0.3 is 0 Å². The van der Waals surface area contributed by atoms with E-state index in [1.165, 1.54) is 0 Å². The van der Waals surface area contributed by atoms with Crippen LogP contribution in [0.5, 0.6) is 0 Å². The molecule has 1 nitrogen and oxygen atoms in total. The lowest BCUT2D eigenvalue weighted by molar-refractivity contribution is 0.237. The summed E-state index contributed by atoms with van der Waals surface area (Å²) in [6.45, 7) is 8.51. The van der Waals surface area contributed by atoms with Gasteiger partial charge in [-0.05, 0) is 18.1 Å². The maximum atomic E-state index is 9.91. The molecule has 1 aromatic rings. The second-order valence-electron chi connectivity index (χ2n) is 4.78. The van der Waals surface area contributed by atoms with Gasteiger partial charge in [0.15, 0.2) is 0 Å². The molecule has 0 aromatic heterocycles. The highest BCUT2D eigenvalue weighted by Crippen LogP contribution is 2.16. The molecular formula is C13H18OSi. The van der Waals surface area contributed by atoms with Crippen LogP contribution in [0.15, 0.2) is 24.3 Å². The van der Waals surface area contributed by atoms with Gasteiger partial charge in [-0.2, -0.15) is 0 Å². The van der Waals surface area contributed by atoms with E-state index in [0.717, 1.165) is 11.1 Å². The van der Waals surface area contributed by atoms with Crippen LogP contribution in [0.4, 0.5) is 0 Å². The first kappa shape index (κ1) is 12.0. The SMILES string of the molecule is Cc1ccccc1[C@@H](O)C#C[Si](C)(C)C. The summed E-state index contributed by atoms with van der Waals surface area (Å²) in [5, 5.41) is 9.91. The lowest BCUT2D eigenvalue weighted by Crippen LogP contribution is -2.17. The molecule has 0 aliphatic rings. The van der Waals surface area contributed by atoms with Crippen molar-refractivity contribution in [1.82, 2.24) is 0 Å². The summed E-state index contributed by atoms with van der Waals surface area (Å²) in [6, 6.07) is 7.83. The molecule has 0 fully saturated rings. The Morgan fingerprint density at radius 2 is 1.80 bits per heavy atom. The quantitative estimate of drug-likeness (QED) is 0.567. The van der Waals surface area contributed by atoms with Gasteiger partial charge in [-0.3, -0.25) is 0 Å². The van der Waals surface area contributed by atoms with E-state index in [1.807, 2.05) is 31.2 Å². The Morgan fingerprint density at radius 1 is 1.20 bits per heavy atom. The van der Waals surface area contributed by atoms with E-state index in [4.69, 9.17) is 0 Å². The molecule has 2 heteroatoms. The van der Waals surface area contributed by atoms with Gasteiger partial charge in [0.2, 0.25) is 0 Å². The summed E-state index contributed by atoms with van der Waals surface area (Å²) < 4.78 is 0. The van der Waals surface area contributed by atoms with E-state index in [9.17, 15) is 5.11 Å². The maximum absolute atomic E-state index is 9.91. The molecule has 1 N–H and O–H groups in total. The second-order valence-corrected chi connectivity index (χ2v) is 9.53. The minimum absolute atomic E-state index is 0.641. The summed E-state index contributed by atoms with van der Waals surface area (Å²) in [6.07, 6.45) is -0.641.